The number of nitrogens with one attached hydrogen (secondary N) is 1. The Morgan fingerprint density at radius 1 is 1.15 bits per heavy atom. The Kier molecular flexibility index (Phi) is 7.07. The van der Waals surface area contributed by atoms with E-state index in [1.807, 2.05) is 30.5 Å². The highest BCUT2D eigenvalue weighted by Crippen LogP contribution is 2.24. The van der Waals surface area contributed by atoms with Crippen LogP contribution in [-0.2, 0) is 21.4 Å². The molecule has 2 aromatic rings. The normalized spacial score (nSPS) is 11.4. The summed E-state index contributed by atoms with van der Waals surface area (Å²) in [5.41, 5.74) is 1.59. The predicted molar refractivity (Wildman–Crippen MR) is 105 cm³/mol. The number of rotatable bonds is 8. The van der Waals surface area contributed by atoms with Crippen molar-refractivity contribution < 1.29 is 17.9 Å². The van der Waals surface area contributed by atoms with Gasteiger partial charge in [0.05, 0.1) is 11.9 Å². The number of hydrogen-bond acceptors (Lipinski definition) is 5. The van der Waals surface area contributed by atoms with Gasteiger partial charge in [-0.25, -0.2) is 12.7 Å². The summed E-state index contributed by atoms with van der Waals surface area (Å²) in [6, 6.07) is 14.5. The maximum absolute atomic E-state index is 12.1. The Labute approximate surface area is 158 Å². The molecule has 0 aromatic heterocycles. The van der Waals surface area contributed by atoms with Gasteiger partial charge in [-0.1, -0.05) is 24.3 Å². The van der Waals surface area contributed by atoms with Gasteiger partial charge in [0.25, 0.3) is 5.91 Å². The fraction of sp³-hybridized carbons (Fsp3) is 0.278. The Hall–Kier alpha value is -2.03. The number of carbonyl (C=O) groups is 1. The summed E-state index contributed by atoms with van der Waals surface area (Å²) < 4.78 is 29.6. The van der Waals surface area contributed by atoms with E-state index in [0.29, 0.717) is 5.75 Å². The lowest BCUT2D eigenvalue weighted by Crippen LogP contribution is -2.24. The van der Waals surface area contributed by atoms with E-state index >= 15 is 0 Å². The number of carbonyl (C=O) groups excluding carboxylic acids is 1. The Balaban J connectivity index is 1.88. The predicted octanol–water partition coefficient (Wildman–Crippen LogP) is 2.82. The zero-order chi connectivity index (χ0) is 19.2. The van der Waals surface area contributed by atoms with E-state index in [1.165, 1.54) is 11.4 Å². The van der Waals surface area contributed by atoms with Crippen LogP contribution in [0, 0.1) is 0 Å². The van der Waals surface area contributed by atoms with E-state index in [-0.39, 0.29) is 19.1 Å². The summed E-state index contributed by atoms with van der Waals surface area (Å²) in [6.07, 6.45) is 3.11. The highest BCUT2D eigenvalue weighted by molar-refractivity contribution is 7.98. The molecular weight excluding hydrogens is 372 g/mol. The van der Waals surface area contributed by atoms with Gasteiger partial charge in [-0.3, -0.25) is 4.79 Å². The van der Waals surface area contributed by atoms with Gasteiger partial charge in [0, 0.05) is 18.5 Å². The number of ether oxygens (including phenoxy) is 1. The fourth-order valence-corrected chi connectivity index (χ4v) is 3.09. The molecule has 0 atom stereocenters. The van der Waals surface area contributed by atoms with Crippen LogP contribution in [0.15, 0.2) is 53.4 Å². The molecule has 0 radical (unpaired) electrons. The number of sulfonamides is 1. The van der Waals surface area contributed by atoms with Crippen LogP contribution in [0.5, 0.6) is 5.75 Å². The monoisotopic (exact) mass is 394 g/mol. The molecule has 0 fully saturated rings. The Morgan fingerprint density at radius 3 is 2.42 bits per heavy atom. The lowest BCUT2D eigenvalue weighted by atomic mass is 10.2. The summed E-state index contributed by atoms with van der Waals surface area (Å²) in [7, 11) is -1.70. The molecule has 0 spiro atoms. The molecule has 0 bridgehead atoms. The number of para-hydroxylation sites is 1. The molecule has 1 amide bonds. The molecule has 0 unspecified atom stereocenters. The molecule has 0 heterocycles. The average molecular weight is 395 g/mol. The van der Waals surface area contributed by atoms with E-state index in [0.717, 1.165) is 22.4 Å². The first-order valence-corrected chi connectivity index (χ1v) is 10.9. The van der Waals surface area contributed by atoms with E-state index < -0.39 is 10.0 Å². The van der Waals surface area contributed by atoms with Crippen LogP contribution < -0.4 is 10.1 Å². The minimum Gasteiger partial charge on any atom is -0.484 e. The minimum absolute atomic E-state index is 0.106. The molecule has 6 nitrogen and oxygen atoms in total. The summed E-state index contributed by atoms with van der Waals surface area (Å²) in [5.74, 6) is 0.302. The molecule has 0 aliphatic rings. The maximum Gasteiger partial charge on any atom is 0.262 e. The van der Waals surface area contributed by atoms with Crippen molar-refractivity contribution in [2.24, 2.45) is 0 Å². The number of amides is 1. The third kappa shape index (κ3) is 6.05. The van der Waals surface area contributed by atoms with Gasteiger partial charge in [-0.2, -0.15) is 0 Å². The lowest BCUT2D eigenvalue weighted by molar-refractivity contribution is -0.118. The van der Waals surface area contributed by atoms with Crippen molar-refractivity contribution in [3.63, 3.8) is 0 Å². The fourth-order valence-electron chi connectivity index (χ4n) is 2.15. The van der Waals surface area contributed by atoms with Crippen LogP contribution >= 0.6 is 11.8 Å². The van der Waals surface area contributed by atoms with Gasteiger partial charge >= 0.3 is 0 Å². The van der Waals surface area contributed by atoms with E-state index in [9.17, 15) is 13.2 Å². The van der Waals surface area contributed by atoms with Gasteiger partial charge in [0.1, 0.15) is 5.75 Å². The largest absolute Gasteiger partial charge is 0.484 e. The van der Waals surface area contributed by atoms with Gasteiger partial charge < -0.3 is 10.1 Å². The van der Waals surface area contributed by atoms with Gasteiger partial charge in [0.15, 0.2) is 6.61 Å². The smallest absolute Gasteiger partial charge is 0.262 e. The molecule has 2 rings (SSSR count). The SMILES string of the molecule is CSc1ccccc1NC(=O)COc1ccc(CN(C)S(C)(=O)=O)cc1. The van der Waals surface area contributed by atoms with Crippen molar-refractivity contribution in [1.29, 1.82) is 0 Å². The van der Waals surface area contributed by atoms with Crippen molar-refractivity contribution in [2.75, 3.05) is 31.5 Å². The summed E-state index contributed by atoms with van der Waals surface area (Å²) in [6.45, 7) is 0.177. The number of anilines is 1. The van der Waals surface area contributed by atoms with Crippen molar-refractivity contribution in [3.8, 4) is 5.75 Å². The highest BCUT2D eigenvalue weighted by atomic mass is 32.2. The van der Waals surface area contributed by atoms with E-state index in [4.69, 9.17) is 4.74 Å². The van der Waals surface area contributed by atoms with Crippen LogP contribution in [0.1, 0.15) is 5.56 Å². The number of benzene rings is 2. The second-order valence-corrected chi connectivity index (χ2v) is 8.64. The van der Waals surface area contributed by atoms with Gasteiger partial charge in [0.2, 0.25) is 10.0 Å². The summed E-state index contributed by atoms with van der Waals surface area (Å²) >= 11 is 1.56. The molecule has 0 saturated carbocycles. The first kappa shape index (κ1) is 20.3. The molecule has 0 aliphatic heterocycles. The van der Waals surface area contributed by atoms with Crippen molar-refractivity contribution >= 4 is 33.4 Å². The standard InChI is InChI=1S/C18H22N2O4S2/c1-20(26(3,22)23)12-14-8-10-15(11-9-14)24-13-18(21)19-16-6-4-5-7-17(16)25-2/h4-11H,12-13H2,1-3H3,(H,19,21). The van der Waals surface area contributed by atoms with Crippen LogP contribution in [0.25, 0.3) is 0 Å². The second-order valence-electron chi connectivity index (χ2n) is 5.70. The third-order valence-electron chi connectivity index (χ3n) is 3.65. The minimum atomic E-state index is -3.22. The maximum atomic E-state index is 12.1. The molecule has 140 valence electrons. The zero-order valence-electron chi connectivity index (χ0n) is 14.9. The number of hydrogen-bond donors (Lipinski definition) is 1. The van der Waals surface area contributed by atoms with Crippen LogP contribution in [0.2, 0.25) is 0 Å². The van der Waals surface area contributed by atoms with Crippen LogP contribution in [-0.4, -0.2) is 44.8 Å². The van der Waals surface area contributed by atoms with Gasteiger partial charge in [-0.15, -0.1) is 11.8 Å². The summed E-state index contributed by atoms with van der Waals surface area (Å²) in [5, 5.41) is 2.83. The molecule has 2 aromatic carbocycles. The Bertz CT molecular complexity index is 852. The number of thioether (sulfide) groups is 1. The molecule has 8 heteroatoms. The highest BCUT2D eigenvalue weighted by Gasteiger charge is 2.11. The van der Waals surface area contributed by atoms with Gasteiger partial charge in [-0.05, 0) is 36.1 Å². The Morgan fingerprint density at radius 2 is 1.81 bits per heavy atom. The zero-order valence-corrected chi connectivity index (χ0v) is 16.6. The second kappa shape index (κ2) is 9.07. The quantitative estimate of drug-likeness (QED) is 0.697. The molecular formula is C18H22N2O4S2. The van der Waals surface area contributed by atoms with Crippen molar-refractivity contribution in [1.82, 2.24) is 4.31 Å². The molecule has 26 heavy (non-hydrogen) atoms. The van der Waals surface area contributed by atoms with E-state index in [2.05, 4.69) is 5.32 Å². The van der Waals surface area contributed by atoms with Crippen LogP contribution in [0.3, 0.4) is 0 Å². The first-order valence-electron chi connectivity index (χ1n) is 7.85. The van der Waals surface area contributed by atoms with Crippen molar-refractivity contribution in [3.05, 3.63) is 54.1 Å². The first-order chi connectivity index (χ1) is 12.3. The molecule has 1 N–H and O–H groups in total. The average Bonchev–Trinajstić information content (AvgIpc) is 2.61. The topological polar surface area (TPSA) is 75.7 Å². The molecule has 0 saturated heterocycles. The lowest BCUT2D eigenvalue weighted by Gasteiger charge is -2.14. The number of nitrogens with zero attached hydrogens (tertiary/aromatic N) is 1. The van der Waals surface area contributed by atoms with Crippen molar-refractivity contribution in [2.45, 2.75) is 11.4 Å². The third-order valence-corrected chi connectivity index (χ3v) is 5.70. The molecule has 0 aliphatic carbocycles. The summed E-state index contributed by atoms with van der Waals surface area (Å²) in [4.78, 5) is 13.0. The van der Waals surface area contributed by atoms with E-state index in [1.54, 1.807) is 36.0 Å². The van der Waals surface area contributed by atoms with Crippen LogP contribution in [0.4, 0.5) is 5.69 Å².